The Balaban J connectivity index is 1.53. The maximum atomic E-state index is 13.2. The summed E-state index contributed by atoms with van der Waals surface area (Å²) >= 11 is 0. The summed E-state index contributed by atoms with van der Waals surface area (Å²) in [7, 11) is 0. The number of benzene rings is 1. The topological polar surface area (TPSA) is 59.8 Å². The van der Waals surface area contributed by atoms with Crippen molar-refractivity contribution in [3.63, 3.8) is 0 Å². The summed E-state index contributed by atoms with van der Waals surface area (Å²) in [5.74, 6) is 1.04. The number of carbonyl (C=O) groups is 1. The fraction of sp³-hybridized carbons (Fsp3) is 0.353. The van der Waals surface area contributed by atoms with Crippen molar-refractivity contribution in [3.05, 3.63) is 53.9 Å². The van der Waals surface area contributed by atoms with Gasteiger partial charge in [0.2, 0.25) is 5.91 Å². The fourth-order valence-corrected chi connectivity index (χ4v) is 2.46. The van der Waals surface area contributed by atoms with Gasteiger partial charge in [0.05, 0.1) is 0 Å². The molecule has 1 saturated carbocycles. The van der Waals surface area contributed by atoms with Gasteiger partial charge in [0.25, 0.3) is 0 Å². The molecule has 5 nitrogen and oxygen atoms in total. The SMILES string of the molecule is C/C(=C/C(=O)NCCn1cnnc1C1CC1)c1cccc(F)c1. The lowest BCUT2D eigenvalue weighted by atomic mass is 10.1. The number of aromatic nitrogens is 3. The number of rotatable bonds is 6. The maximum absolute atomic E-state index is 13.2. The highest BCUT2D eigenvalue weighted by Crippen LogP contribution is 2.38. The molecule has 2 aromatic rings. The van der Waals surface area contributed by atoms with Crippen LogP contribution in [0, 0.1) is 5.82 Å². The third kappa shape index (κ3) is 4.03. The molecular formula is C17H19FN4O. The van der Waals surface area contributed by atoms with E-state index in [2.05, 4.69) is 15.5 Å². The van der Waals surface area contributed by atoms with E-state index in [1.165, 1.54) is 31.1 Å². The lowest BCUT2D eigenvalue weighted by Crippen LogP contribution is -2.26. The van der Waals surface area contributed by atoms with E-state index in [0.29, 0.717) is 24.6 Å². The van der Waals surface area contributed by atoms with Crippen LogP contribution in [0.3, 0.4) is 0 Å². The molecule has 23 heavy (non-hydrogen) atoms. The second kappa shape index (κ2) is 6.73. The first-order valence-corrected chi connectivity index (χ1v) is 7.73. The van der Waals surface area contributed by atoms with Crippen molar-refractivity contribution >= 4 is 11.5 Å². The second-order valence-electron chi connectivity index (χ2n) is 5.79. The van der Waals surface area contributed by atoms with Crippen LogP contribution in [-0.4, -0.2) is 27.2 Å². The molecule has 1 aromatic heterocycles. The van der Waals surface area contributed by atoms with Crippen molar-refractivity contribution in [1.29, 1.82) is 0 Å². The maximum Gasteiger partial charge on any atom is 0.244 e. The molecular weight excluding hydrogens is 295 g/mol. The van der Waals surface area contributed by atoms with E-state index < -0.39 is 0 Å². The highest BCUT2D eigenvalue weighted by Gasteiger charge is 2.28. The second-order valence-corrected chi connectivity index (χ2v) is 5.79. The Morgan fingerprint density at radius 1 is 1.48 bits per heavy atom. The van der Waals surface area contributed by atoms with Crippen molar-refractivity contribution in [2.24, 2.45) is 0 Å². The number of allylic oxidation sites excluding steroid dienone is 1. The Labute approximate surface area is 134 Å². The first-order chi connectivity index (χ1) is 11.1. The van der Waals surface area contributed by atoms with Crippen LogP contribution in [-0.2, 0) is 11.3 Å². The van der Waals surface area contributed by atoms with Crippen LogP contribution in [0.15, 0.2) is 36.7 Å². The molecule has 0 atom stereocenters. The van der Waals surface area contributed by atoms with Gasteiger partial charge in [0.15, 0.2) is 0 Å². The quantitative estimate of drug-likeness (QED) is 0.834. The molecule has 120 valence electrons. The Kier molecular flexibility index (Phi) is 4.50. The van der Waals surface area contributed by atoms with Gasteiger partial charge in [-0.3, -0.25) is 4.79 Å². The molecule has 0 bridgehead atoms. The number of hydrogen-bond acceptors (Lipinski definition) is 3. The van der Waals surface area contributed by atoms with Crippen molar-refractivity contribution in [1.82, 2.24) is 20.1 Å². The smallest absolute Gasteiger partial charge is 0.244 e. The van der Waals surface area contributed by atoms with Crippen molar-refractivity contribution in [2.45, 2.75) is 32.2 Å². The molecule has 1 aliphatic carbocycles. The third-order valence-electron chi connectivity index (χ3n) is 3.87. The Morgan fingerprint density at radius 2 is 2.30 bits per heavy atom. The molecule has 0 radical (unpaired) electrons. The lowest BCUT2D eigenvalue weighted by Gasteiger charge is -2.07. The Bertz CT molecular complexity index is 734. The number of nitrogens with one attached hydrogen (secondary N) is 1. The van der Waals surface area contributed by atoms with Gasteiger partial charge in [-0.1, -0.05) is 12.1 Å². The molecule has 6 heteroatoms. The summed E-state index contributed by atoms with van der Waals surface area (Å²) in [6.45, 7) is 2.94. The van der Waals surface area contributed by atoms with E-state index in [4.69, 9.17) is 0 Å². The van der Waals surface area contributed by atoms with Crippen LogP contribution >= 0.6 is 0 Å². The van der Waals surface area contributed by atoms with Gasteiger partial charge in [0.1, 0.15) is 18.0 Å². The average molecular weight is 314 g/mol. The first-order valence-electron chi connectivity index (χ1n) is 7.73. The predicted molar refractivity (Wildman–Crippen MR) is 85.1 cm³/mol. The highest BCUT2D eigenvalue weighted by atomic mass is 19.1. The van der Waals surface area contributed by atoms with E-state index in [-0.39, 0.29) is 11.7 Å². The van der Waals surface area contributed by atoms with Gasteiger partial charge in [-0.25, -0.2) is 4.39 Å². The van der Waals surface area contributed by atoms with Crippen LogP contribution in [0.2, 0.25) is 0 Å². The number of carbonyl (C=O) groups excluding carboxylic acids is 1. The average Bonchev–Trinajstić information content (AvgIpc) is 3.26. The van der Waals surface area contributed by atoms with Crippen molar-refractivity contribution in [3.8, 4) is 0 Å². The number of hydrogen-bond donors (Lipinski definition) is 1. The molecule has 0 saturated heterocycles. The Hall–Kier alpha value is -2.50. The van der Waals surface area contributed by atoms with Crippen LogP contribution < -0.4 is 5.32 Å². The van der Waals surface area contributed by atoms with Gasteiger partial charge < -0.3 is 9.88 Å². The fourth-order valence-electron chi connectivity index (χ4n) is 2.46. The van der Waals surface area contributed by atoms with E-state index in [1.54, 1.807) is 25.4 Å². The normalized spacial score (nSPS) is 14.8. The number of amides is 1. The molecule has 1 amide bonds. The third-order valence-corrected chi connectivity index (χ3v) is 3.87. The molecule has 1 aliphatic rings. The van der Waals surface area contributed by atoms with Crippen molar-refractivity contribution in [2.75, 3.05) is 6.54 Å². The standard InChI is InChI=1S/C17H19FN4O/c1-12(14-3-2-4-15(18)10-14)9-16(23)19-7-8-22-11-20-21-17(22)13-5-6-13/h2-4,9-11,13H,5-8H2,1H3,(H,19,23)/b12-9-. The zero-order chi connectivity index (χ0) is 16.2. The largest absolute Gasteiger partial charge is 0.351 e. The van der Waals surface area contributed by atoms with Crippen LogP contribution in [0.25, 0.3) is 5.57 Å². The van der Waals surface area contributed by atoms with Crippen LogP contribution in [0.1, 0.15) is 37.1 Å². The zero-order valence-electron chi connectivity index (χ0n) is 13.0. The van der Waals surface area contributed by atoms with Gasteiger partial charge in [-0.2, -0.15) is 0 Å². The first kappa shape index (κ1) is 15.4. The van der Waals surface area contributed by atoms with Crippen molar-refractivity contribution < 1.29 is 9.18 Å². The summed E-state index contributed by atoms with van der Waals surface area (Å²) in [6, 6.07) is 6.21. The minimum absolute atomic E-state index is 0.187. The monoisotopic (exact) mass is 314 g/mol. The minimum atomic E-state index is -0.309. The summed E-state index contributed by atoms with van der Waals surface area (Å²) in [4.78, 5) is 11.9. The summed E-state index contributed by atoms with van der Waals surface area (Å²) in [5, 5.41) is 10.9. The van der Waals surface area contributed by atoms with E-state index in [0.717, 1.165) is 11.4 Å². The van der Waals surface area contributed by atoms with Gasteiger partial charge in [-0.15, -0.1) is 10.2 Å². The highest BCUT2D eigenvalue weighted by molar-refractivity contribution is 5.94. The van der Waals surface area contributed by atoms with Crippen LogP contribution in [0.5, 0.6) is 0 Å². The molecule has 1 heterocycles. The summed E-state index contributed by atoms with van der Waals surface area (Å²) in [6.07, 6.45) is 5.53. The molecule has 1 fully saturated rings. The molecule has 0 unspecified atom stereocenters. The van der Waals surface area contributed by atoms with Crippen LogP contribution in [0.4, 0.5) is 4.39 Å². The zero-order valence-corrected chi connectivity index (χ0v) is 13.0. The summed E-state index contributed by atoms with van der Waals surface area (Å²) < 4.78 is 15.2. The Morgan fingerprint density at radius 3 is 3.04 bits per heavy atom. The van der Waals surface area contributed by atoms with Gasteiger partial charge >= 0.3 is 0 Å². The summed E-state index contributed by atoms with van der Waals surface area (Å²) in [5.41, 5.74) is 1.43. The van der Waals surface area contributed by atoms with Gasteiger partial charge in [-0.05, 0) is 43.0 Å². The molecule has 1 N–H and O–H groups in total. The van der Waals surface area contributed by atoms with E-state index >= 15 is 0 Å². The number of halogens is 1. The molecule has 1 aromatic carbocycles. The predicted octanol–water partition coefficient (Wildman–Crippen LogP) is 2.51. The number of nitrogens with zero attached hydrogens (tertiary/aromatic N) is 3. The van der Waals surface area contributed by atoms with Gasteiger partial charge in [0, 0.05) is 25.1 Å². The lowest BCUT2D eigenvalue weighted by molar-refractivity contribution is -0.116. The minimum Gasteiger partial charge on any atom is -0.351 e. The van der Waals surface area contributed by atoms with E-state index in [1.807, 2.05) is 4.57 Å². The molecule has 3 rings (SSSR count). The molecule has 0 aliphatic heterocycles. The van der Waals surface area contributed by atoms with E-state index in [9.17, 15) is 9.18 Å². The molecule has 0 spiro atoms.